The minimum atomic E-state index is -0.914. The van der Waals surface area contributed by atoms with E-state index in [1.165, 1.54) is 17.0 Å². The highest BCUT2D eigenvalue weighted by Gasteiger charge is 2.46. The van der Waals surface area contributed by atoms with E-state index >= 15 is 0 Å². The maximum atomic E-state index is 13.1. The lowest BCUT2D eigenvalue weighted by molar-refractivity contribution is -0.141. The van der Waals surface area contributed by atoms with Crippen molar-refractivity contribution in [1.82, 2.24) is 15.5 Å². The number of aromatic hydroxyl groups is 1. The standard InChI is InChI=1S/C22H33N3O5/c1-13(2)24-20(28)19(15-8-7-9-16(26)11-15)25(17-10-14(17)3)18(27)12-23-21(29)30-22(4,5)6/h7-9,11,13-14,17,19,26H,10,12H2,1-6H3,(H,23,29)(H,24,28). The van der Waals surface area contributed by atoms with Crippen molar-refractivity contribution in [2.75, 3.05) is 6.54 Å². The van der Waals surface area contributed by atoms with E-state index in [0.717, 1.165) is 6.42 Å². The fourth-order valence-electron chi connectivity index (χ4n) is 3.26. The number of phenolic OH excluding ortho intramolecular Hbond substituents is 1. The maximum Gasteiger partial charge on any atom is 0.408 e. The van der Waals surface area contributed by atoms with Gasteiger partial charge in [-0.05, 0) is 64.7 Å². The molecule has 8 nitrogen and oxygen atoms in total. The van der Waals surface area contributed by atoms with Crippen LogP contribution in [0.2, 0.25) is 0 Å². The van der Waals surface area contributed by atoms with Crippen LogP contribution >= 0.6 is 0 Å². The second-order valence-electron chi connectivity index (χ2n) is 9.10. The van der Waals surface area contributed by atoms with Gasteiger partial charge in [-0.25, -0.2) is 4.79 Å². The van der Waals surface area contributed by atoms with Crippen molar-refractivity contribution < 1.29 is 24.2 Å². The van der Waals surface area contributed by atoms with Crippen LogP contribution in [0.3, 0.4) is 0 Å². The molecule has 1 aliphatic carbocycles. The third kappa shape index (κ3) is 6.64. The van der Waals surface area contributed by atoms with Gasteiger partial charge in [0.15, 0.2) is 0 Å². The highest BCUT2D eigenvalue weighted by Crippen LogP contribution is 2.40. The predicted octanol–water partition coefficient (Wildman–Crippen LogP) is 2.72. The summed E-state index contributed by atoms with van der Waals surface area (Å²) in [5.74, 6) is -0.470. The lowest BCUT2D eigenvalue weighted by Gasteiger charge is -2.32. The Balaban J connectivity index is 2.28. The van der Waals surface area contributed by atoms with E-state index in [9.17, 15) is 19.5 Å². The van der Waals surface area contributed by atoms with Crippen molar-refractivity contribution in [3.8, 4) is 5.75 Å². The van der Waals surface area contributed by atoms with Gasteiger partial charge in [0.1, 0.15) is 23.9 Å². The molecule has 2 rings (SSSR count). The van der Waals surface area contributed by atoms with Crippen molar-refractivity contribution in [2.24, 2.45) is 5.92 Å². The quantitative estimate of drug-likeness (QED) is 0.630. The molecule has 0 aromatic heterocycles. The van der Waals surface area contributed by atoms with Crippen molar-refractivity contribution in [3.63, 3.8) is 0 Å². The van der Waals surface area contributed by atoms with Crippen LogP contribution in [0.4, 0.5) is 4.79 Å². The van der Waals surface area contributed by atoms with E-state index in [2.05, 4.69) is 10.6 Å². The molecule has 0 spiro atoms. The van der Waals surface area contributed by atoms with Gasteiger partial charge in [0.25, 0.3) is 0 Å². The first-order valence-corrected chi connectivity index (χ1v) is 10.3. The first kappa shape index (κ1) is 23.5. The van der Waals surface area contributed by atoms with Gasteiger partial charge in [0.2, 0.25) is 11.8 Å². The van der Waals surface area contributed by atoms with E-state index in [4.69, 9.17) is 4.74 Å². The average Bonchev–Trinajstić information content (AvgIpc) is 3.31. The van der Waals surface area contributed by atoms with E-state index in [1.54, 1.807) is 32.9 Å². The Hall–Kier alpha value is -2.77. The topological polar surface area (TPSA) is 108 Å². The summed E-state index contributed by atoms with van der Waals surface area (Å²) in [4.78, 5) is 39.7. The summed E-state index contributed by atoms with van der Waals surface area (Å²) in [6.07, 6.45) is 0.0720. The molecule has 166 valence electrons. The molecule has 1 aromatic rings. The van der Waals surface area contributed by atoms with E-state index < -0.39 is 17.7 Å². The summed E-state index contributed by atoms with van der Waals surface area (Å²) < 4.78 is 5.19. The number of rotatable bonds is 7. The van der Waals surface area contributed by atoms with Gasteiger partial charge in [-0.15, -0.1) is 0 Å². The molecule has 1 aliphatic rings. The Morgan fingerprint density at radius 1 is 1.27 bits per heavy atom. The van der Waals surface area contributed by atoms with Gasteiger partial charge in [0.05, 0.1) is 0 Å². The predicted molar refractivity (Wildman–Crippen MR) is 113 cm³/mol. The van der Waals surface area contributed by atoms with Crippen LogP contribution in [0.15, 0.2) is 24.3 Å². The molecule has 0 radical (unpaired) electrons. The zero-order valence-electron chi connectivity index (χ0n) is 18.6. The van der Waals surface area contributed by atoms with Gasteiger partial charge < -0.3 is 25.4 Å². The van der Waals surface area contributed by atoms with Crippen molar-refractivity contribution >= 4 is 17.9 Å². The first-order valence-electron chi connectivity index (χ1n) is 10.3. The third-order valence-electron chi connectivity index (χ3n) is 4.64. The number of benzene rings is 1. The number of hydrogen-bond donors (Lipinski definition) is 3. The second-order valence-corrected chi connectivity index (χ2v) is 9.10. The summed E-state index contributed by atoms with van der Waals surface area (Å²) in [5, 5.41) is 15.3. The smallest absolute Gasteiger partial charge is 0.408 e. The summed E-state index contributed by atoms with van der Waals surface area (Å²) in [5.41, 5.74) is -0.170. The summed E-state index contributed by atoms with van der Waals surface area (Å²) >= 11 is 0. The lowest BCUT2D eigenvalue weighted by atomic mass is 10.0. The molecule has 3 atom stereocenters. The van der Waals surface area contributed by atoms with Crippen LogP contribution in [-0.4, -0.2) is 52.1 Å². The van der Waals surface area contributed by atoms with Crippen molar-refractivity contribution in [2.45, 2.75) is 71.7 Å². The van der Waals surface area contributed by atoms with Crippen LogP contribution in [0.25, 0.3) is 0 Å². The van der Waals surface area contributed by atoms with E-state index in [1.807, 2.05) is 20.8 Å². The lowest BCUT2D eigenvalue weighted by Crippen LogP contribution is -2.50. The Morgan fingerprint density at radius 3 is 2.40 bits per heavy atom. The first-order chi connectivity index (χ1) is 13.9. The molecule has 3 N–H and O–H groups in total. The van der Waals surface area contributed by atoms with Crippen molar-refractivity contribution in [3.05, 3.63) is 29.8 Å². The van der Waals surface area contributed by atoms with Gasteiger partial charge in [0, 0.05) is 12.1 Å². The van der Waals surface area contributed by atoms with Gasteiger partial charge in [-0.1, -0.05) is 19.1 Å². The monoisotopic (exact) mass is 419 g/mol. The van der Waals surface area contributed by atoms with Crippen LogP contribution in [0, 0.1) is 5.92 Å². The molecule has 1 fully saturated rings. The Bertz CT molecular complexity index is 787. The van der Waals surface area contributed by atoms with Gasteiger partial charge >= 0.3 is 6.09 Å². The Morgan fingerprint density at radius 2 is 1.90 bits per heavy atom. The molecule has 30 heavy (non-hydrogen) atoms. The summed E-state index contributed by atoms with van der Waals surface area (Å²) in [7, 11) is 0. The van der Waals surface area contributed by atoms with E-state index in [0.29, 0.717) is 5.56 Å². The van der Waals surface area contributed by atoms with Crippen LogP contribution in [0.1, 0.15) is 59.6 Å². The molecular weight excluding hydrogens is 386 g/mol. The highest BCUT2D eigenvalue weighted by atomic mass is 16.6. The number of alkyl carbamates (subject to hydrolysis) is 1. The van der Waals surface area contributed by atoms with Gasteiger partial charge in [-0.3, -0.25) is 9.59 Å². The van der Waals surface area contributed by atoms with E-state index in [-0.39, 0.29) is 42.1 Å². The minimum absolute atomic E-state index is 0.0120. The van der Waals surface area contributed by atoms with Crippen LogP contribution in [-0.2, 0) is 14.3 Å². The summed E-state index contributed by atoms with van der Waals surface area (Å²) in [6.45, 7) is 10.6. The molecule has 0 aliphatic heterocycles. The molecule has 0 heterocycles. The molecule has 3 unspecified atom stereocenters. The molecular formula is C22H33N3O5. The fourth-order valence-corrected chi connectivity index (χ4v) is 3.26. The number of phenols is 1. The van der Waals surface area contributed by atoms with Crippen LogP contribution < -0.4 is 10.6 Å². The largest absolute Gasteiger partial charge is 0.508 e. The number of ether oxygens (including phenoxy) is 1. The minimum Gasteiger partial charge on any atom is -0.508 e. The molecule has 0 bridgehead atoms. The normalized spacial score (nSPS) is 19.0. The Labute approximate surface area is 178 Å². The second kappa shape index (κ2) is 9.36. The Kier molecular flexibility index (Phi) is 7.34. The van der Waals surface area contributed by atoms with Gasteiger partial charge in [-0.2, -0.15) is 0 Å². The molecule has 1 aromatic carbocycles. The SMILES string of the molecule is CC(C)NC(=O)C(c1cccc(O)c1)N(C(=O)CNC(=O)OC(C)(C)C)C1CC1C. The highest BCUT2D eigenvalue weighted by molar-refractivity contribution is 5.91. The number of nitrogens with zero attached hydrogens (tertiary/aromatic N) is 1. The zero-order valence-corrected chi connectivity index (χ0v) is 18.6. The number of carbonyl (C=O) groups excluding carboxylic acids is 3. The molecule has 8 heteroatoms. The zero-order chi connectivity index (χ0) is 22.6. The average molecular weight is 420 g/mol. The number of nitrogens with one attached hydrogen (secondary N) is 2. The molecule has 1 saturated carbocycles. The summed E-state index contributed by atoms with van der Waals surface area (Å²) in [6, 6.07) is 5.18. The maximum absolute atomic E-state index is 13.1. The van der Waals surface area contributed by atoms with Crippen molar-refractivity contribution in [1.29, 1.82) is 0 Å². The number of carbonyl (C=O) groups is 3. The molecule has 3 amide bonds. The van der Waals surface area contributed by atoms with Crippen LogP contribution in [0.5, 0.6) is 5.75 Å². The fraction of sp³-hybridized carbons (Fsp3) is 0.591. The number of hydrogen-bond acceptors (Lipinski definition) is 5. The number of amides is 3. The molecule has 0 saturated heterocycles. The third-order valence-corrected chi connectivity index (χ3v) is 4.64.